The van der Waals surface area contributed by atoms with Gasteiger partial charge in [-0.25, -0.2) is 4.79 Å². The fraction of sp³-hybridized carbons (Fsp3) is 0.529. The summed E-state index contributed by atoms with van der Waals surface area (Å²) in [5.41, 5.74) is -0.265. The largest absolute Gasteiger partial charge is 0.494 e. The fourth-order valence-corrected chi connectivity index (χ4v) is 2.50. The minimum absolute atomic E-state index is 0.216. The van der Waals surface area contributed by atoms with Gasteiger partial charge >= 0.3 is 6.03 Å². The molecule has 23 heavy (non-hydrogen) atoms. The Bertz CT molecular complexity index is 571. The highest BCUT2D eigenvalue weighted by Crippen LogP contribution is 2.29. The van der Waals surface area contributed by atoms with Crippen LogP contribution >= 0.6 is 0 Å². The maximum atomic E-state index is 12.7. The summed E-state index contributed by atoms with van der Waals surface area (Å²) in [4.78, 5) is 28.1. The second-order valence-corrected chi connectivity index (χ2v) is 6.19. The van der Waals surface area contributed by atoms with Crippen molar-refractivity contribution in [2.24, 2.45) is 0 Å². The van der Waals surface area contributed by atoms with Gasteiger partial charge in [-0.3, -0.25) is 9.69 Å². The molecule has 6 nitrogen and oxygen atoms in total. The molecule has 0 unspecified atom stereocenters. The van der Waals surface area contributed by atoms with Crippen molar-refractivity contribution < 1.29 is 14.3 Å². The summed E-state index contributed by atoms with van der Waals surface area (Å²) in [6.07, 6.45) is 0.939. The smallest absolute Gasteiger partial charge is 0.325 e. The Morgan fingerprint density at radius 3 is 2.43 bits per heavy atom. The van der Waals surface area contributed by atoms with Crippen molar-refractivity contribution in [3.05, 3.63) is 29.8 Å². The lowest BCUT2D eigenvalue weighted by atomic mass is 9.92. The van der Waals surface area contributed by atoms with E-state index in [1.165, 1.54) is 4.90 Å². The summed E-state index contributed by atoms with van der Waals surface area (Å²) in [7, 11) is 3.82. The molecule has 6 heteroatoms. The standard InChI is InChI=1S/C17H25N3O3/c1-5-12-23-14-8-6-13(7-9-14)17(2)15(21)20(16(22)18-17)11-10-19(3)4/h6-9H,5,10-12H2,1-4H3,(H,18,22)/t17-/m0/s1. The number of nitrogens with zero attached hydrogens (tertiary/aromatic N) is 2. The van der Waals surface area contributed by atoms with Gasteiger partial charge in [0.25, 0.3) is 5.91 Å². The quantitative estimate of drug-likeness (QED) is 0.779. The van der Waals surface area contributed by atoms with Crippen LogP contribution in [0.5, 0.6) is 5.75 Å². The number of amides is 3. The Labute approximate surface area is 137 Å². The van der Waals surface area contributed by atoms with Gasteiger partial charge in [-0.05, 0) is 45.1 Å². The number of hydrogen-bond donors (Lipinski definition) is 1. The summed E-state index contributed by atoms with van der Waals surface area (Å²) in [6, 6.07) is 6.98. The molecule has 0 radical (unpaired) electrons. The van der Waals surface area contributed by atoms with Crippen molar-refractivity contribution in [1.29, 1.82) is 0 Å². The molecule has 1 aliphatic rings. The van der Waals surface area contributed by atoms with E-state index in [2.05, 4.69) is 5.32 Å². The highest BCUT2D eigenvalue weighted by Gasteiger charge is 2.48. The van der Waals surface area contributed by atoms with E-state index in [0.717, 1.165) is 17.7 Å². The van der Waals surface area contributed by atoms with Gasteiger partial charge in [-0.2, -0.15) is 0 Å². The molecule has 1 atom stereocenters. The number of ether oxygens (including phenoxy) is 1. The highest BCUT2D eigenvalue weighted by molar-refractivity contribution is 6.07. The fourth-order valence-electron chi connectivity index (χ4n) is 2.50. The average molecular weight is 319 g/mol. The SMILES string of the molecule is CCCOc1ccc([C@]2(C)NC(=O)N(CCN(C)C)C2=O)cc1. The van der Waals surface area contributed by atoms with Crippen LogP contribution in [0.3, 0.4) is 0 Å². The van der Waals surface area contributed by atoms with Crippen LogP contribution in [-0.4, -0.2) is 55.5 Å². The van der Waals surface area contributed by atoms with Crippen LogP contribution in [0.25, 0.3) is 0 Å². The predicted octanol–water partition coefficient (Wildman–Crippen LogP) is 1.80. The number of urea groups is 1. The molecule has 1 aliphatic heterocycles. The summed E-state index contributed by atoms with van der Waals surface area (Å²) < 4.78 is 5.55. The monoisotopic (exact) mass is 319 g/mol. The highest BCUT2D eigenvalue weighted by atomic mass is 16.5. The number of carbonyl (C=O) groups is 2. The van der Waals surface area contributed by atoms with Gasteiger partial charge in [0.1, 0.15) is 11.3 Å². The number of hydrogen-bond acceptors (Lipinski definition) is 4. The molecule has 3 amide bonds. The van der Waals surface area contributed by atoms with Crippen LogP contribution in [0.2, 0.25) is 0 Å². The Hall–Kier alpha value is -2.08. The number of imide groups is 1. The van der Waals surface area contributed by atoms with Crippen molar-refractivity contribution in [2.45, 2.75) is 25.8 Å². The summed E-state index contributed by atoms with van der Waals surface area (Å²) >= 11 is 0. The minimum Gasteiger partial charge on any atom is -0.494 e. The number of carbonyl (C=O) groups excluding carboxylic acids is 2. The zero-order valence-electron chi connectivity index (χ0n) is 14.3. The molecule has 1 aromatic rings. The van der Waals surface area contributed by atoms with Crippen LogP contribution in [0.4, 0.5) is 4.79 Å². The van der Waals surface area contributed by atoms with Gasteiger partial charge in [-0.1, -0.05) is 19.1 Å². The molecule has 0 saturated carbocycles. The van der Waals surface area contributed by atoms with Gasteiger partial charge in [0.05, 0.1) is 6.61 Å². The third kappa shape index (κ3) is 3.64. The third-order valence-electron chi connectivity index (χ3n) is 3.95. The van der Waals surface area contributed by atoms with Crippen molar-refractivity contribution in [1.82, 2.24) is 15.1 Å². The molecule has 1 saturated heterocycles. The lowest BCUT2D eigenvalue weighted by Gasteiger charge is -2.23. The molecule has 0 bridgehead atoms. The average Bonchev–Trinajstić information content (AvgIpc) is 2.74. The van der Waals surface area contributed by atoms with Gasteiger partial charge in [-0.15, -0.1) is 0 Å². The van der Waals surface area contributed by atoms with Crippen molar-refractivity contribution in [3.8, 4) is 5.75 Å². The van der Waals surface area contributed by atoms with E-state index in [1.54, 1.807) is 6.92 Å². The molecule has 1 fully saturated rings. The normalized spacial score (nSPS) is 21.0. The number of rotatable bonds is 7. The molecule has 1 N–H and O–H groups in total. The van der Waals surface area contributed by atoms with Gasteiger partial charge in [0, 0.05) is 13.1 Å². The second-order valence-electron chi connectivity index (χ2n) is 6.19. The van der Waals surface area contributed by atoms with Gasteiger partial charge in [0.2, 0.25) is 0 Å². The molecular formula is C17H25N3O3. The third-order valence-corrected chi connectivity index (χ3v) is 3.95. The second kappa shape index (κ2) is 7.00. The Morgan fingerprint density at radius 2 is 1.87 bits per heavy atom. The summed E-state index contributed by atoms with van der Waals surface area (Å²) in [5.74, 6) is 0.548. The molecule has 1 heterocycles. The van der Waals surface area contributed by atoms with E-state index >= 15 is 0 Å². The van der Waals surface area contributed by atoms with Crippen molar-refractivity contribution in [2.75, 3.05) is 33.8 Å². The Balaban J connectivity index is 2.14. The van der Waals surface area contributed by atoms with Crippen LogP contribution in [0, 0.1) is 0 Å². The van der Waals surface area contributed by atoms with Crippen LogP contribution in [-0.2, 0) is 10.3 Å². The maximum absolute atomic E-state index is 12.7. The molecule has 0 aromatic heterocycles. The first-order chi connectivity index (χ1) is 10.9. The predicted molar refractivity (Wildman–Crippen MR) is 88.4 cm³/mol. The van der Waals surface area contributed by atoms with Crippen LogP contribution in [0.15, 0.2) is 24.3 Å². The summed E-state index contributed by atoms with van der Waals surface area (Å²) in [6.45, 7) is 5.46. The van der Waals surface area contributed by atoms with Crippen molar-refractivity contribution >= 4 is 11.9 Å². The van der Waals surface area contributed by atoms with Crippen molar-refractivity contribution in [3.63, 3.8) is 0 Å². The van der Waals surface area contributed by atoms with E-state index in [-0.39, 0.29) is 11.9 Å². The molecule has 0 aliphatic carbocycles. The zero-order chi connectivity index (χ0) is 17.0. The van der Waals surface area contributed by atoms with Gasteiger partial charge < -0.3 is 15.0 Å². The first kappa shape index (κ1) is 17.3. The topological polar surface area (TPSA) is 61.9 Å². The number of likely N-dealkylation sites (N-methyl/N-ethyl adjacent to an activating group) is 1. The number of benzene rings is 1. The van der Waals surface area contributed by atoms with E-state index < -0.39 is 5.54 Å². The van der Waals surface area contributed by atoms with Crippen LogP contribution < -0.4 is 10.1 Å². The molecule has 2 rings (SSSR count). The van der Waals surface area contributed by atoms with E-state index in [0.29, 0.717) is 19.7 Å². The lowest BCUT2D eigenvalue weighted by molar-refractivity contribution is -0.131. The van der Waals surface area contributed by atoms with Crippen LogP contribution in [0.1, 0.15) is 25.8 Å². The minimum atomic E-state index is -1.02. The maximum Gasteiger partial charge on any atom is 0.325 e. The number of nitrogens with one attached hydrogen (secondary N) is 1. The molecular weight excluding hydrogens is 294 g/mol. The van der Waals surface area contributed by atoms with E-state index in [4.69, 9.17) is 4.74 Å². The van der Waals surface area contributed by atoms with E-state index in [9.17, 15) is 9.59 Å². The molecule has 1 aromatic carbocycles. The first-order valence-electron chi connectivity index (χ1n) is 7.90. The Morgan fingerprint density at radius 1 is 1.22 bits per heavy atom. The molecule has 126 valence electrons. The van der Waals surface area contributed by atoms with E-state index in [1.807, 2.05) is 50.2 Å². The Kier molecular flexibility index (Phi) is 5.26. The van der Waals surface area contributed by atoms with Gasteiger partial charge in [0.15, 0.2) is 0 Å². The first-order valence-corrected chi connectivity index (χ1v) is 7.90. The summed E-state index contributed by atoms with van der Waals surface area (Å²) in [5, 5.41) is 2.81. The molecule has 0 spiro atoms. The lowest BCUT2D eigenvalue weighted by Crippen LogP contribution is -2.41. The zero-order valence-corrected chi connectivity index (χ0v) is 14.3.